The van der Waals surface area contributed by atoms with Gasteiger partial charge in [-0.15, -0.1) is 0 Å². The molecule has 0 saturated carbocycles. The number of nitrogens with zero attached hydrogens (tertiary/aromatic N) is 2. The molecule has 0 aliphatic rings. The van der Waals surface area contributed by atoms with Gasteiger partial charge in [0.25, 0.3) is 0 Å². The molecular weight excluding hydrogens is 388 g/mol. The molecule has 0 N–H and O–H groups in total. The van der Waals surface area contributed by atoms with Gasteiger partial charge in [-0.2, -0.15) is 0 Å². The first-order valence-electron chi connectivity index (χ1n) is 10.8. The molecule has 6 rings (SSSR count). The molecule has 0 atom stereocenters. The number of aromatic nitrogens is 2. The van der Waals surface area contributed by atoms with Crippen molar-refractivity contribution in [2.45, 2.75) is 0 Å². The second-order valence-corrected chi connectivity index (χ2v) is 7.89. The molecule has 6 aromatic rings. The summed E-state index contributed by atoms with van der Waals surface area (Å²) in [5.74, 6) is 0.747. The maximum atomic E-state index is 5.04. The van der Waals surface area contributed by atoms with Gasteiger partial charge in [0.05, 0.1) is 11.2 Å². The predicted octanol–water partition coefficient (Wildman–Crippen LogP) is 7.78. The number of fused-ring (bicyclic) bond motifs is 3. The van der Waals surface area contributed by atoms with E-state index in [1.807, 2.05) is 24.3 Å². The van der Waals surface area contributed by atoms with Crippen LogP contribution in [-0.4, -0.2) is 9.97 Å². The van der Waals surface area contributed by atoms with Gasteiger partial charge in [-0.25, -0.2) is 9.97 Å². The van der Waals surface area contributed by atoms with Crippen LogP contribution in [0.2, 0.25) is 0 Å². The second-order valence-electron chi connectivity index (χ2n) is 7.89. The Balaban J connectivity index is 1.59. The fraction of sp³-hybridized carbons (Fsp3) is 0. The summed E-state index contributed by atoms with van der Waals surface area (Å²) in [5.41, 5.74) is 6.45. The lowest BCUT2D eigenvalue weighted by Gasteiger charge is -2.12. The molecule has 2 heteroatoms. The minimum Gasteiger partial charge on any atom is -0.227 e. The normalized spacial score (nSPS) is 11.1. The molecule has 1 aromatic heterocycles. The molecule has 150 valence electrons. The second kappa shape index (κ2) is 7.75. The number of hydrogen-bond donors (Lipinski definition) is 0. The van der Waals surface area contributed by atoms with E-state index in [0.29, 0.717) is 0 Å². The Hall–Kier alpha value is -4.30. The Kier molecular flexibility index (Phi) is 4.47. The molecule has 2 nitrogen and oxygen atoms in total. The Labute approximate surface area is 186 Å². The SMILES string of the molecule is c1ccc(-c2ccc(-c3nc(-c4ccccc4)nc4c3ccc3ccccc34)cc2)cc1. The monoisotopic (exact) mass is 408 g/mol. The third-order valence-corrected chi connectivity index (χ3v) is 5.89. The standard InChI is InChI=1S/C30H20N2/c1-3-9-21(10-4-1)22-15-17-24(18-16-22)28-27-20-19-23-11-7-8-14-26(23)29(27)32-30(31-28)25-12-5-2-6-13-25/h1-20H. The Morgan fingerprint density at radius 2 is 0.969 bits per heavy atom. The molecule has 0 amide bonds. The molecule has 0 aliphatic heterocycles. The summed E-state index contributed by atoms with van der Waals surface area (Å²) in [5, 5.41) is 3.39. The summed E-state index contributed by atoms with van der Waals surface area (Å²) >= 11 is 0. The van der Waals surface area contributed by atoms with Crippen LogP contribution in [0.3, 0.4) is 0 Å². The Morgan fingerprint density at radius 1 is 0.375 bits per heavy atom. The van der Waals surface area contributed by atoms with Crippen molar-refractivity contribution in [2.75, 3.05) is 0 Å². The maximum absolute atomic E-state index is 5.04. The van der Waals surface area contributed by atoms with Crippen molar-refractivity contribution in [2.24, 2.45) is 0 Å². The van der Waals surface area contributed by atoms with Crippen molar-refractivity contribution in [1.82, 2.24) is 9.97 Å². The number of hydrogen-bond acceptors (Lipinski definition) is 2. The molecule has 0 saturated heterocycles. The first-order valence-corrected chi connectivity index (χ1v) is 10.8. The fourth-order valence-electron chi connectivity index (χ4n) is 4.25. The Morgan fingerprint density at radius 3 is 1.72 bits per heavy atom. The number of rotatable bonds is 3. The summed E-state index contributed by atoms with van der Waals surface area (Å²) in [6.45, 7) is 0. The van der Waals surface area contributed by atoms with Gasteiger partial charge in [-0.05, 0) is 22.6 Å². The van der Waals surface area contributed by atoms with Gasteiger partial charge in [0.15, 0.2) is 5.82 Å². The smallest absolute Gasteiger partial charge is 0.160 e. The van der Waals surface area contributed by atoms with Crippen LogP contribution in [0.25, 0.3) is 55.4 Å². The lowest BCUT2D eigenvalue weighted by atomic mass is 9.99. The van der Waals surface area contributed by atoms with Gasteiger partial charge in [0, 0.05) is 21.9 Å². The highest BCUT2D eigenvalue weighted by molar-refractivity contribution is 6.09. The highest BCUT2D eigenvalue weighted by Gasteiger charge is 2.13. The summed E-state index contributed by atoms with van der Waals surface area (Å²) in [7, 11) is 0. The predicted molar refractivity (Wildman–Crippen MR) is 133 cm³/mol. The van der Waals surface area contributed by atoms with Crippen LogP contribution in [0.5, 0.6) is 0 Å². The molecule has 0 unspecified atom stereocenters. The molecule has 0 fully saturated rings. The minimum absolute atomic E-state index is 0.747. The van der Waals surface area contributed by atoms with Gasteiger partial charge < -0.3 is 0 Å². The van der Waals surface area contributed by atoms with E-state index in [4.69, 9.17) is 9.97 Å². The van der Waals surface area contributed by atoms with Crippen LogP contribution in [0, 0.1) is 0 Å². The van der Waals surface area contributed by atoms with Crippen LogP contribution in [0.4, 0.5) is 0 Å². The fourth-order valence-corrected chi connectivity index (χ4v) is 4.25. The van der Waals surface area contributed by atoms with Crippen LogP contribution in [0.15, 0.2) is 121 Å². The third kappa shape index (κ3) is 3.23. The van der Waals surface area contributed by atoms with Gasteiger partial charge in [0.1, 0.15) is 0 Å². The van der Waals surface area contributed by atoms with E-state index in [9.17, 15) is 0 Å². The lowest BCUT2D eigenvalue weighted by Crippen LogP contribution is -1.96. The molecule has 0 spiro atoms. The zero-order valence-electron chi connectivity index (χ0n) is 17.4. The Bertz CT molecular complexity index is 1540. The van der Waals surface area contributed by atoms with Gasteiger partial charge in [0.2, 0.25) is 0 Å². The zero-order valence-corrected chi connectivity index (χ0v) is 17.4. The quantitative estimate of drug-likeness (QED) is 0.279. The molecule has 0 bridgehead atoms. The largest absolute Gasteiger partial charge is 0.227 e. The van der Waals surface area contributed by atoms with Crippen LogP contribution in [0.1, 0.15) is 0 Å². The van der Waals surface area contributed by atoms with Crippen molar-refractivity contribution < 1.29 is 0 Å². The van der Waals surface area contributed by atoms with E-state index in [1.165, 1.54) is 16.5 Å². The van der Waals surface area contributed by atoms with E-state index in [-0.39, 0.29) is 0 Å². The summed E-state index contributed by atoms with van der Waals surface area (Å²) in [6, 6.07) is 42.0. The average Bonchev–Trinajstić information content (AvgIpc) is 2.89. The van der Waals surface area contributed by atoms with Crippen molar-refractivity contribution >= 4 is 21.7 Å². The third-order valence-electron chi connectivity index (χ3n) is 5.89. The summed E-state index contributed by atoms with van der Waals surface area (Å²) in [4.78, 5) is 10.1. The van der Waals surface area contributed by atoms with Crippen LogP contribution < -0.4 is 0 Å². The summed E-state index contributed by atoms with van der Waals surface area (Å²) in [6.07, 6.45) is 0. The van der Waals surface area contributed by atoms with Crippen LogP contribution >= 0.6 is 0 Å². The maximum Gasteiger partial charge on any atom is 0.160 e. The molecule has 1 heterocycles. The first-order chi connectivity index (χ1) is 15.9. The summed E-state index contributed by atoms with van der Waals surface area (Å²) < 4.78 is 0. The molecule has 32 heavy (non-hydrogen) atoms. The van der Waals surface area contributed by atoms with E-state index >= 15 is 0 Å². The van der Waals surface area contributed by atoms with Crippen molar-refractivity contribution in [3.8, 4) is 33.8 Å². The van der Waals surface area contributed by atoms with E-state index < -0.39 is 0 Å². The van der Waals surface area contributed by atoms with E-state index in [2.05, 4.69) is 97.1 Å². The highest BCUT2D eigenvalue weighted by atomic mass is 14.9. The van der Waals surface area contributed by atoms with Crippen LogP contribution in [-0.2, 0) is 0 Å². The van der Waals surface area contributed by atoms with Crippen molar-refractivity contribution in [3.05, 3.63) is 121 Å². The number of benzene rings is 5. The molecule has 0 radical (unpaired) electrons. The first kappa shape index (κ1) is 18.5. The van der Waals surface area contributed by atoms with E-state index in [1.54, 1.807) is 0 Å². The van der Waals surface area contributed by atoms with Gasteiger partial charge in [-0.1, -0.05) is 115 Å². The zero-order chi connectivity index (χ0) is 21.3. The van der Waals surface area contributed by atoms with Gasteiger partial charge >= 0.3 is 0 Å². The lowest BCUT2D eigenvalue weighted by molar-refractivity contribution is 1.23. The van der Waals surface area contributed by atoms with Crippen molar-refractivity contribution in [3.63, 3.8) is 0 Å². The highest BCUT2D eigenvalue weighted by Crippen LogP contribution is 2.34. The molecule has 0 aliphatic carbocycles. The molecular formula is C30H20N2. The van der Waals surface area contributed by atoms with Gasteiger partial charge in [-0.3, -0.25) is 0 Å². The minimum atomic E-state index is 0.747. The average molecular weight is 409 g/mol. The topological polar surface area (TPSA) is 25.8 Å². The van der Waals surface area contributed by atoms with E-state index in [0.717, 1.165) is 38.9 Å². The van der Waals surface area contributed by atoms with Crippen molar-refractivity contribution in [1.29, 1.82) is 0 Å². The molecule has 5 aromatic carbocycles.